The third-order valence-electron chi connectivity index (χ3n) is 5.95. The largest absolute Gasteiger partial charge is 0.495 e. The normalized spacial score (nSPS) is 11.9. The van der Waals surface area contributed by atoms with Crippen LogP contribution >= 0.6 is 23.2 Å². The summed E-state index contributed by atoms with van der Waals surface area (Å²) in [6.45, 7) is 1.59. The number of sulfonamides is 1. The number of anilines is 1. The van der Waals surface area contributed by atoms with Gasteiger partial charge in [0.2, 0.25) is 21.8 Å². The van der Waals surface area contributed by atoms with Crippen LogP contribution in [0.3, 0.4) is 0 Å². The standard InChI is InChI=1S/C28H31Cl2N3O5S/c1-4-31-28(35)25(16-20-9-6-5-7-10-20)32(18-21-11-8-12-22(29)15-21)27(34)19-33(39(3,36)37)24-17-23(30)13-14-26(24)38-2/h5-15,17,25H,4,16,18-19H2,1-3H3,(H,31,35)/t25-/m0/s1. The molecule has 1 N–H and O–H groups in total. The van der Waals surface area contributed by atoms with Crippen LogP contribution in [0.5, 0.6) is 5.75 Å². The second kappa shape index (κ2) is 13.7. The molecule has 0 unspecified atom stereocenters. The molecular weight excluding hydrogens is 561 g/mol. The van der Waals surface area contributed by atoms with Gasteiger partial charge in [0.1, 0.15) is 18.3 Å². The van der Waals surface area contributed by atoms with E-state index in [9.17, 15) is 18.0 Å². The van der Waals surface area contributed by atoms with Crippen molar-refractivity contribution in [3.8, 4) is 5.75 Å². The Morgan fingerprint density at radius 2 is 1.62 bits per heavy atom. The molecule has 0 spiro atoms. The molecule has 39 heavy (non-hydrogen) atoms. The van der Waals surface area contributed by atoms with Crippen LogP contribution < -0.4 is 14.4 Å². The number of nitrogens with one attached hydrogen (secondary N) is 1. The van der Waals surface area contributed by atoms with Gasteiger partial charge in [-0.3, -0.25) is 13.9 Å². The average molecular weight is 593 g/mol. The lowest BCUT2D eigenvalue weighted by Crippen LogP contribution is -2.53. The van der Waals surface area contributed by atoms with Crippen LogP contribution in [0.15, 0.2) is 72.8 Å². The lowest BCUT2D eigenvalue weighted by atomic mass is 10.0. The number of methoxy groups -OCH3 is 1. The van der Waals surface area contributed by atoms with Crippen molar-refractivity contribution < 1.29 is 22.7 Å². The minimum absolute atomic E-state index is 0.0261. The molecule has 0 aliphatic rings. The molecule has 0 fully saturated rings. The van der Waals surface area contributed by atoms with Gasteiger partial charge in [0.15, 0.2) is 0 Å². The zero-order chi connectivity index (χ0) is 28.6. The second-order valence-corrected chi connectivity index (χ2v) is 11.6. The van der Waals surface area contributed by atoms with Crippen LogP contribution in [0.25, 0.3) is 0 Å². The van der Waals surface area contributed by atoms with Crippen LogP contribution in [-0.4, -0.2) is 57.6 Å². The maximum atomic E-state index is 14.0. The fraction of sp³-hybridized carbons (Fsp3) is 0.286. The number of halogens is 2. The van der Waals surface area contributed by atoms with E-state index in [1.807, 2.05) is 30.3 Å². The van der Waals surface area contributed by atoms with Gasteiger partial charge in [0, 0.05) is 29.6 Å². The molecule has 0 bridgehead atoms. The van der Waals surface area contributed by atoms with Crippen molar-refractivity contribution in [1.29, 1.82) is 0 Å². The molecular formula is C28H31Cl2N3O5S. The number of hydrogen-bond donors (Lipinski definition) is 1. The van der Waals surface area contributed by atoms with Gasteiger partial charge < -0.3 is 15.0 Å². The number of amides is 2. The van der Waals surface area contributed by atoms with E-state index in [0.29, 0.717) is 17.1 Å². The molecule has 208 valence electrons. The maximum Gasteiger partial charge on any atom is 0.244 e. The Morgan fingerprint density at radius 3 is 2.23 bits per heavy atom. The topological polar surface area (TPSA) is 96.0 Å². The van der Waals surface area contributed by atoms with E-state index in [-0.39, 0.29) is 35.3 Å². The third kappa shape index (κ3) is 8.36. The van der Waals surface area contributed by atoms with Gasteiger partial charge in [0.05, 0.1) is 19.1 Å². The number of nitrogens with zero attached hydrogens (tertiary/aromatic N) is 2. The van der Waals surface area contributed by atoms with Crippen molar-refractivity contribution >= 4 is 50.7 Å². The van der Waals surface area contributed by atoms with Crippen LogP contribution in [0.4, 0.5) is 5.69 Å². The summed E-state index contributed by atoms with van der Waals surface area (Å²) in [7, 11) is -2.57. The summed E-state index contributed by atoms with van der Waals surface area (Å²) >= 11 is 12.4. The van der Waals surface area contributed by atoms with Crippen molar-refractivity contribution in [3.05, 3.63) is 94.0 Å². The highest BCUT2D eigenvalue weighted by atomic mass is 35.5. The van der Waals surface area contributed by atoms with Crippen LogP contribution in [0.2, 0.25) is 10.0 Å². The monoisotopic (exact) mass is 591 g/mol. The minimum Gasteiger partial charge on any atom is -0.495 e. The summed E-state index contributed by atoms with van der Waals surface area (Å²) in [4.78, 5) is 28.8. The quantitative estimate of drug-likeness (QED) is 0.333. The summed E-state index contributed by atoms with van der Waals surface area (Å²) in [5, 5.41) is 3.55. The summed E-state index contributed by atoms with van der Waals surface area (Å²) in [6.07, 6.45) is 1.21. The molecule has 0 aliphatic carbocycles. The number of ether oxygens (including phenoxy) is 1. The highest BCUT2D eigenvalue weighted by molar-refractivity contribution is 7.92. The zero-order valence-corrected chi connectivity index (χ0v) is 24.3. The minimum atomic E-state index is -3.97. The van der Waals surface area contributed by atoms with E-state index in [4.69, 9.17) is 27.9 Å². The number of carbonyl (C=O) groups excluding carboxylic acids is 2. The smallest absolute Gasteiger partial charge is 0.244 e. The van der Waals surface area contributed by atoms with Crippen molar-refractivity contribution in [2.24, 2.45) is 0 Å². The molecule has 3 rings (SSSR count). The van der Waals surface area contributed by atoms with Crippen molar-refractivity contribution in [2.75, 3.05) is 30.8 Å². The Labute approximate surface area is 239 Å². The highest BCUT2D eigenvalue weighted by Gasteiger charge is 2.33. The molecule has 0 saturated heterocycles. The van der Waals surface area contributed by atoms with Gasteiger partial charge in [0.25, 0.3) is 0 Å². The molecule has 8 nitrogen and oxygen atoms in total. The molecule has 0 aromatic heterocycles. The number of rotatable bonds is 12. The van der Waals surface area contributed by atoms with E-state index < -0.39 is 28.5 Å². The predicted octanol–water partition coefficient (Wildman–Crippen LogP) is 4.54. The van der Waals surface area contributed by atoms with E-state index in [0.717, 1.165) is 16.1 Å². The van der Waals surface area contributed by atoms with Crippen LogP contribution in [0.1, 0.15) is 18.1 Å². The van der Waals surface area contributed by atoms with Gasteiger partial charge in [-0.15, -0.1) is 0 Å². The SMILES string of the molecule is CCNC(=O)[C@H](Cc1ccccc1)N(Cc1cccc(Cl)c1)C(=O)CN(c1cc(Cl)ccc1OC)S(C)(=O)=O. The molecule has 2 amide bonds. The van der Waals surface area contributed by atoms with E-state index in [1.54, 1.807) is 37.3 Å². The fourth-order valence-corrected chi connectivity index (χ4v) is 5.35. The number of hydrogen-bond acceptors (Lipinski definition) is 5. The first-order valence-corrected chi connectivity index (χ1v) is 14.8. The molecule has 0 aliphatic heterocycles. The van der Waals surface area contributed by atoms with Crippen LogP contribution in [-0.2, 0) is 32.6 Å². The molecule has 0 radical (unpaired) electrons. The Bertz CT molecular complexity index is 1400. The Balaban J connectivity index is 2.08. The molecule has 1 atom stereocenters. The molecule has 0 saturated carbocycles. The summed E-state index contributed by atoms with van der Waals surface area (Å²) in [6, 6.07) is 19.8. The predicted molar refractivity (Wildman–Crippen MR) is 155 cm³/mol. The molecule has 3 aromatic rings. The highest BCUT2D eigenvalue weighted by Crippen LogP contribution is 2.33. The van der Waals surface area contributed by atoms with Crippen molar-refractivity contribution in [3.63, 3.8) is 0 Å². The Morgan fingerprint density at radius 1 is 0.949 bits per heavy atom. The second-order valence-electron chi connectivity index (χ2n) is 8.84. The first-order valence-electron chi connectivity index (χ1n) is 12.2. The lowest BCUT2D eigenvalue weighted by Gasteiger charge is -2.33. The summed E-state index contributed by atoms with van der Waals surface area (Å²) in [5.41, 5.74) is 1.64. The van der Waals surface area contributed by atoms with Gasteiger partial charge in [-0.2, -0.15) is 0 Å². The van der Waals surface area contributed by atoms with Crippen molar-refractivity contribution in [1.82, 2.24) is 10.2 Å². The van der Waals surface area contributed by atoms with E-state index in [1.165, 1.54) is 24.1 Å². The Hall–Kier alpha value is -3.27. The fourth-order valence-electron chi connectivity index (χ4n) is 4.13. The first-order chi connectivity index (χ1) is 18.5. The maximum absolute atomic E-state index is 14.0. The van der Waals surface area contributed by atoms with E-state index in [2.05, 4.69) is 5.32 Å². The lowest BCUT2D eigenvalue weighted by molar-refractivity contribution is -0.140. The van der Waals surface area contributed by atoms with Crippen LogP contribution in [0, 0.1) is 0 Å². The molecule has 0 heterocycles. The first kappa shape index (κ1) is 30.3. The number of likely N-dealkylation sites (N-methyl/N-ethyl adjacent to an activating group) is 1. The van der Waals surface area contributed by atoms with Gasteiger partial charge in [-0.25, -0.2) is 8.42 Å². The molecule has 11 heteroatoms. The summed E-state index contributed by atoms with van der Waals surface area (Å²) in [5.74, 6) is -0.721. The van der Waals surface area contributed by atoms with Crippen molar-refractivity contribution in [2.45, 2.75) is 25.9 Å². The summed E-state index contributed by atoms with van der Waals surface area (Å²) < 4.78 is 32.1. The third-order valence-corrected chi connectivity index (χ3v) is 7.55. The van der Waals surface area contributed by atoms with Gasteiger partial charge in [-0.05, 0) is 48.4 Å². The van der Waals surface area contributed by atoms with E-state index >= 15 is 0 Å². The average Bonchev–Trinajstić information content (AvgIpc) is 2.89. The zero-order valence-electron chi connectivity index (χ0n) is 21.9. The Kier molecular flexibility index (Phi) is 10.6. The number of carbonyl (C=O) groups is 2. The number of benzene rings is 3. The molecule has 3 aromatic carbocycles. The van der Waals surface area contributed by atoms with Gasteiger partial charge >= 0.3 is 0 Å². The van der Waals surface area contributed by atoms with Gasteiger partial charge in [-0.1, -0.05) is 65.7 Å².